The fourth-order valence-corrected chi connectivity index (χ4v) is 2.82. The van der Waals surface area contributed by atoms with Crippen LogP contribution in [0.25, 0.3) is 0 Å². The van der Waals surface area contributed by atoms with Crippen molar-refractivity contribution in [3.8, 4) is 0 Å². The Morgan fingerprint density at radius 3 is 3.00 bits per heavy atom. The first-order valence-corrected chi connectivity index (χ1v) is 7.49. The SMILES string of the molecule is COC(=O)c1cc2n(n1)CCN(C(=O)CC1=CCNCC1)C2. The maximum absolute atomic E-state index is 12.4. The lowest BCUT2D eigenvalue weighted by molar-refractivity contribution is -0.132. The van der Waals surface area contributed by atoms with Gasteiger partial charge in [0.2, 0.25) is 5.91 Å². The molecule has 2 aliphatic rings. The van der Waals surface area contributed by atoms with E-state index in [2.05, 4.69) is 21.2 Å². The number of fused-ring (bicyclic) bond motifs is 1. The molecule has 1 aromatic rings. The highest BCUT2D eigenvalue weighted by Gasteiger charge is 2.24. The number of nitrogens with zero attached hydrogens (tertiary/aromatic N) is 3. The van der Waals surface area contributed by atoms with E-state index < -0.39 is 5.97 Å². The highest BCUT2D eigenvalue weighted by molar-refractivity contribution is 5.87. The second-order valence-electron chi connectivity index (χ2n) is 5.54. The number of amides is 1. The van der Waals surface area contributed by atoms with Crippen molar-refractivity contribution in [2.45, 2.75) is 25.9 Å². The van der Waals surface area contributed by atoms with Crippen molar-refractivity contribution in [2.24, 2.45) is 0 Å². The van der Waals surface area contributed by atoms with Crippen molar-refractivity contribution in [3.63, 3.8) is 0 Å². The number of carbonyl (C=O) groups is 2. The Morgan fingerprint density at radius 2 is 2.27 bits per heavy atom. The summed E-state index contributed by atoms with van der Waals surface area (Å²) in [6.07, 6.45) is 3.52. The molecule has 2 aliphatic heterocycles. The number of nitrogens with one attached hydrogen (secondary N) is 1. The van der Waals surface area contributed by atoms with E-state index in [-0.39, 0.29) is 5.91 Å². The van der Waals surface area contributed by atoms with Crippen LogP contribution in [-0.4, -0.2) is 53.3 Å². The van der Waals surface area contributed by atoms with E-state index in [1.54, 1.807) is 10.7 Å². The van der Waals surface area contributed by atoms with Crippen LogP contribution in [0.5, 0.6) is 0 Å². The maximum Gasteiger partial charge on any atom is 0.358 e. The average Bonchev–Trinajstić information content (AvgIpc) is 2.98. The van der Waals surface area contributed by atoms with E-state index in [0.29, 0.717) is 31.7 Å². The van der Waals surface area contributed by atoms with Gasteiger partial charge in [0, 0.05) is 19.5 Å². The molecule has 1 amide bonds. The normalized spacial score (nSPS) is 17.7. The minimum Gasteiger partial charge on any atom is -0.464 e. The summed E-state index contributed by atoms with van der Waals surface area (Å²) in [6, 6.07) is 1.70. The predicted molar refractivity (Wildman–Crippen MR) is 79.2 cm³/mol. The molecule has 0 aromatic carbocycles. The van der Waals surface area contributed by atoms with Gasteiger partial charge in [-0.05, 0) is 19.0 Å². The molecule has 22 heavy (non-hydrogen) atoms. The highest BCUT2D eigenvalue weighted by atomic mass is 16.5. The smallest absolute Gasteiger partial charge is 0.358 e. The summed E-state index contributed by atoms with van der Waals surface area (Å²) < 4.78 is 6.46. The zero-order valence-electron chi connectivity index (χ0n) is 12.7. The van der Waals surface area contributed by atoms with Gasteiger partial charge in [-0.3, -0.25) is 9.48 Å². The van der Waals surface area contributed by atoms with E-state index in [9.17, 15) is 9.59 Å². The molecule has 0 radical (unpaired) electrons. The molecule has 118 valence electrons. The molecule has 0 aliphatic carbocycles. The van der Waals surface area contributed by atoms with Gasteiger partial charge < -0.3 is 15.0 Å². The van der Waals surface area contributed by atoms with Crippen LogP contribution in [0.15, 0.2) is 17.7 Å². The fraction of sp³-hybridized carbons (Fsp3) is 0.533. The average molecular weight is 304 g/mol. The second-order valence-corrected chi connectivity index (χ2v) is 5.54. The number of hydrogen-bond acceptors (Lipinski definition) is 5. The number of rotatable bonds is 3. The Balaban J connectivity index is 1.65. The fourth-order valence-electron chi connectivity index (χ4n) is 2.82. The summed E-state index contributed by atoms with van der Waals surface area (Å²) in [5, 5.41) is 7.46. The molecule has 0 fully saturated rings. The summed E-state index contributed by atoms with van der Waals surface area (Å²) in [5.74, 6) is -0.306. The monoisotopic (exact) mass is 304 g/mol. The third-order valence-corrected chi connectivity index (χ3v) is 4.08. The summed E-state index contributed by atoms with van der Waals surface area (Å²) in [4.78, 5) is 25.8. The lowest BCUT2D eigenvalue weighted by Gasteiger charge is -2.28. The van der Waals surface area contributed by atoms with E-state index in [0.717, 1.165) is 25.2 Å². The van der Waals surface area contributed by atoms with E-state index in [4.69, 9.17) is 0 Å². The molecule has 0 spiro atoms. The lowest BCUT2D eigenvalue weighted by atomic mass is 10.1. The van der Waals surface area contributed by atoms with Gasteiger partial charge in [0.15, 0.2) is 5.69 Å². The van der Waals surface area contributed by atoms with Gasteiger partial charge in [-0.2, -0.15) is 5.10 Å². The van der Waals surface area contributed by atoms with Crippen molar-refractivity contribution in [1.29, 1.82) is 0 Å². The standard InChI is InChI=1S/C15H20N4O3/c1-22-15(21)13-9-12-10-18(6-7-19(12)17-13)14(20)8-11-2-4-16-5-3-11/h2,9,16H,3-8,10H2,1H3. The summed E-state index contributed by atoms with van der Waals surface area (Å²) in [7, 11) is 1.34. The summed E-state index contributed by atoms with van der Waals surface area (Å²) in [6.45, 7) is 3.51. The van der Waals surface area contributed by atoms with Crippen LogP contribution in [-0.2, 0) is 22.6 Å². The summed E-state index contributed by atoms with van der Waals surface area (Å²) in [5.41, 5.74) is 2.38. The Labute approximate surface area is 128 Å². The van der Waals surface area contributed by atoms with E-state index in [1.807, 2.05) is 4.90 Å². The van der Waals surface area contributed by atoms with Crippen molar-refractivity contribution in [2.75, 3.05) is 26.7 Å². The molecule has 0 saturated carbocycles. The minimum absolute atomic E-state index is 0.139. The number of aromatic nitrogens is 2. The largest absolute Gasteiger partial charge is 0.464 e. The number of ether oxygens (including phenoxy) is 1. The topological polar surface area (TPSA) is 76.5 Å². The molecular weight excluding hydrogens is 284 g/mol. The Hall–Kier alpha value is -2.15. The maximum atomic E-state index is 12.4. The zero-order chi connectivity index (χ0) is 15.5. The molecule has 0 saturated heterocycles. The molecule has 0 unspecified atom stereocenters. The van der Waals surface area contributed by atoms with Crippen LogP contribution in [0.1, 0.15) is 29.0 Å². The minimum atomic E-state index is -0.445. The Kier molecular flexibility index (Phi) is 4.24. The highest BCUT2D eigenvalue weighted by Crippen LogP contribution is 2.18. The molecule has 7 heteroatoms. The second kappa shape index (κ2) is 6.31. The van der Waals surface area contributed by atoms with Crippen LogP contribution < -0.4 is 5.32 Å². The zero-order valence-corrected chi connectivity index (χ0v) is 12.7. The van der Waals surface area contributed by atoms with Gasteiger partial charge in [0.25, 0.3) is 0 Å². The third-order valence-electron chi connectivity index (χ3n) is 4.08. The number of esters is 1. The van der Waals surface area contributed by atoms with Crippen LogP contribution in [0.2, 0.25) is 0 Å². The van der Waals surface area contributed by atoms with Gasteiger partial charge >= 0.3 is 5.97 Å². The first kappa shape index (κ1) is 14.8. The number of carbonyl (C=O) groups excluding carboxylic acids is 2. The number of hydrogen-bond donors (Lipinski definition) is 1. The van der Waals surface area contributed by atoms with Crippen LogP contribution in [0.3, 0.4) is 0 Å². The lowest BCUT2D eigenvalue weighted by Crippen LogP contribution is -2.38. The quantitative estimate of drug-likeness (QED) is 0.643. The van der Waals surface area contributed by atoms with Gasteiger partial charge in [0.05, 0.1) is 25.9 Å². The molecular formula is C15H20N4O3. The predicted octanol–water partition coefficient (Wildman–Crippen LogP) is 0.322. The van der Waals surface area contributed by atoms with Crippen molar-refractivity contribution in [3.05, 3.63) is 29.1 Å². The number of methoxy groups -OCH3 is 1. The van der Waals surface area contributed by atoms with Crippen molar-refractivity contribution >= 4 is 11.9 Å². The van der Waals surface area contributed by atoms with E-state index >= 15 is 0 Å². The third kappa shape index (κ3) is 3.04. The first-order chi connectivity index (χ1) is 10.7. The molecule has 0 bridgehead atoms. The van der Waals surface area contributed by atoms with Gasteiger partial charge in [-0.15, -0.1) is 0 Å². The molecule has 3 rings (SSSR count). The molecule has 3 heterocycles. The van der Waals surface area contributed by atoms with Crippen LogP contribution in [0.4, 0.5) is 0 Å². The van der Waals surface area contributed by atoms with Crippen molar-refractivity contribution < 1.29 is 14.3 Å². The Bertz CT molecular complexity index is 620. The molecule has 0 atom stereocenters. The van der Waals surface area contributed by atoms with Gasteiger partial charge in [-0.1, -0.05) is 11.6 Å². The molecule has 1 aromatic heterocycles. The molecule has 7 nitrogen and oxygen atoms in total. The van der Waals surface area contributed by atoms with Gasteiger partial charge in [-0.25, -0.2) is 4.79 Å². The summed E-state index contributed by atoms with van der Waals surface area (Å²) >= 11 is 0. The van der Waals surface area contributed by atoms with E-state index in [1.165, 1.54) is 12.7 Å². The van der Waals surface area contributed by atoms with Crippen LogP contribution in [0, 0.1) is 0 Å². The molecule has 1 N–H and O–H groups in total. The van der Waals surface area contributed by atoms with Gasteiger partial charge in [0.1, 0.15) is 0 Å². The van der Waals surface area contributed by atoms with Crippen molar-refractivity contribution in [1.82, 2.24) is 20.0 Å². The van der Waals surface area contributed by atoms with Crippen LogP contribution >= 0.6 is 0 Å². The Morgan fingerprint density at radius 1 is 1.41 bits per heavy atom. The first-order valence-electron chi connectivity index (χ1n) is 7.49.